The van der Waals surface area contributed by atoms with Gasteiger partial charge in [-0.1, -0.05) is 51.2 Å². The maximum absolute atomic E-state index is 12.1. The molecule has 2 heterocycles. The summed E-state index contributed by atoms with van der Waals surface area (Å²) in [4.78, 5) is 12.1. The molecule has 0 aliphatic heterocycles. The Morgan fingerprint density at radius 1 is 1.00 bits per heavy atom. The predicted octanol–water partition coefficient (Wildman–Crippen LogP) is 6.37. The zero-order valence-electron chi connectivity index (χ0n) is 19.6. The van der Waals surface area contributed by atoms with Gasteiger partial charge in [0.15, 0.2) is 0 Å². The van der Waals surface area contributed by atoms with Crippen molar-refractivity contribution >= 4 is 41.9 Å². The van der Waals surface area contributed by atoms with Gasteiger partial charge in [0, 0.05) is 0 Å². The third kappa shape index (κ3) is 13.2. The Balaban J connectivity index is 1.39. The molecular weight excluding hydrogens is 481 g/mol. The van der Waals surface area contributed by atoms with Crippen molar-refractivity contribution in [2.45, 2.75) is 102 Å². The molecule has 0 saturated heterocycles. The van der Waals surface area contributed by atoms with Crippen molar-refractivity contribution < 1.29 is 9.21 Å². The molecule has 2 aromatic heterocycles. The van der Waals surface area contributed by atoms with E-state index in [0.717, 1.165) is 27.6 Å². The summed E-state index contributed by atoms with van der Waals surface area (Å²) < 4.78 is 6.40. The second-order valence-corrected chi connectivity index (χ2v) is 12.4. The van der Waals surface area contributed by atoms with Gasteiger partial charge in [0.05, 0.1) is 0 Å². The monoisotopic (exact) mass is 521 g/mol. The Labute approximate surface area is 204 Å². The Morgan fingerprint density at radius 3 is 2.38 bits per heavy atom. The number of aromatic nitrogens is 2. The first kappa shape index (κ1) is 26.9. The van der Waals surface area contributed by atoms with Gasteiger partial charge in [-0.05, 0) is 12.8 Å². The van der Waals surface area contributed by atoms with Crippen LogP contribution in [0.1, 0.15) is 103 Å². The molecule has 0 bridgehead atoms. The van der Waals surface area contributed by atoms with Gasteiger partial charge in [0.1, 0.15) is 0 Å². The van der Waals surface area contributed by atoms with Crippen molar-refractivity contribution in [3.8, 4) is 0 Å². The minimum atomic E-state index is -0.408. The van der Waals surface area contributed by atoms with Crippen molar-refractivity contribution in [3.63, 3.8) is 0 Å². The first-order valence-electron chi connectivity index (χ1n) is 12.3. The van der Waals surface area contributed by atoms with Crippen LogP contribution in [0.3, 0.4) is 0 Å². The van der Waals surface area contributed by atoms with E-state index < -0.39 is 15.8 Å². The van der Waals surface area contributed by atoms with Crippen LogP contribution in [0.4, 0.5) is 5.13 Å². The van der Waals surface area contributed by atoms with E-state index >= 15 is 0 Å². The van der Waals surface area contributed by atoms with Crippen molar-refractivity contribution in [1.29, 1.82) is 0 Å². The molecule has 7 heteroatoms. The molecule has 5 nitrogen and oxygen atoms in total. The van der Waals surface area contributed by atoms with Gasteiger partial charge in [-0.3, -0.25) is 0 Å². The van der Waals surface area contributed by atoms with Crippen LogP contribution in [0.25, 0.3) is 0 Å². The molecule has 32 heavy (non-hydrogen) atoms. The number of unbranched alkanes of at least 4 members (excludes halogenated alkanes) is 11. The Hall–Kier alpha value is -1.39. The molecule has 0 aromatic carbocycles. The second-order valence-electron chi connectivity index (χ2n) is 8.23. The number of hydrogen-bond donors (Lipinski definition) is 1. The number of furan rings is 1. The molecule has 1 N–H and O–H groups in total. The van der Waals surface area contributed by atoms with Crippen LogP contribution < -0.4 is 9.11 Å². The zero-order valence-corrected chi connectivity index (χ0v) is 22.5. The van der Waals surface area contributed by atoms with Crippen molar-refractivity contribution in [3.05, 3.63) is 36.3 Å². The molecule has 0 aliphatic carbocycles. The molecule has 0 aliphatic rings. The van der Waals surface area contributed by atoms with E-state index in [1.807, 2.05) is 12.1 Å². The van der Waals surface area contributed by atoms with Gasteiger partial charge >= 0.3 is 141 Å². The Bertz CT molecular complexity index is 746. The Morgan fingerprint density at radius 2 is 1.69 bits per heavy atom. The predicted molar refractivity (Wildman–Crippen MR) is 137 cm³/mol. The first-order chi connectivity index (χ1) is 15.8. The number of nitrogens with one attached hydrogen (secondary N) is 1. The van der Waals surface area contributed by atoms with Crippen LogP contribution in [0.15, 0.2) is 35.0 Å². The van der Waals surface area contributed by atoms with Crippen molar-refractivity contribution in [2.24, 2.45) is 0 Å². The topological polar surface area (TPSA) is 68.0 Å². The molecule has 1 amide bonds. The molecule has 1 unspecified atom stereocenters. The molecule has 178 valence electrons. The van der Waals surface area contributed by atoms with Crippen LogP contribution in [-0.4, -0.2) is 31.9 Å². The maximum atomic E-state index is 12.1. The number of rotatable bonds is 19. The van der Waals surface area contributed by atoms with Crippen molar-refractivity contribution in [2.75, 3.05) is 5.32 Å². The van der Waals surface area contributed by atoms with Gasteiger partial charge in [-0.25, -0.2) is 0 Å². The summed E-state index contributed by atoms with van der Waals surface area (Å²) in [5, 5.41) is 12.8. The SMILES string of the molecule is CCCCCCCC/C=C/CCCCCCCC(=O)Nc1nnc([AsH]Cc2ccco2)s1. The summed E-state index contributed by atoms with van der Waals surface area (Å²) in [6, 6.07) is 3.89. The van der Waals surface area contributed by atoms with E-state index in [9.17, 15) is 4.79 Å². The van der Waals surface area contributed by atoms with Crippen LogP contribution in [0.5, 0.6) is 0 Å². The quantitative estimate of drug-likeness (QED) is 0.133. The average molecular weight is 522 g/mol. The van der Waals surface area contributed by atoms with E-state index in [2.05, 4.69) is 34.6 Å². The summed E-state index contributed by atoms with van der Waals surface area (Å²) in [7, 11) is 0. The summed E-state index contributed by atoms with van der Waals surface area (Å²) in [6.45, 7) is 2.27. The summed E-state index contributed by atoms with van der Waals surface area (Å²) in [5.41, 5.74) is 0. The van der Waals surface area contributed by atoms with Gasteiger partial charge in [0.2, 0.25) is 0 Å². The number of carbonyl (C=O) groups is 1. The average Bonchev–Trinajstić information content (AvgIpc) is 3.47. The van der Waals surface area contributed by atoms with Crippen LogP contribution >= 0.6 is 11.3 Å². The molecular formula is C25H40AsN3O2S. The number of allylic oxidation sites excluding steroid dienone is 2. The van der Waals surface area contributed by atoms with E-state index in [1.54, 1.807) is 6.26 Å². The number of amides is 1. The minimum absolute atomic E-state index is 0.0522. The second kappa shape index (κ2) is 18.1. The molecule has 0 spiro atoms. The van der Waals surface area contributed by atoms with E-state index in [1.165, 1.54) is 82.0 Å². The zero-order chi connectivity index (χ0) is 22.7. The fourth-order valence-corrected chi connectivity index (χ4v) is 6.84. The fraction of sp³-hybridized carbons (Fsp3) is 0.640. The van der Waals surface area contributed by atoms with E-state index in [0.29, 0.717) is 11.6 Å². The van der Waals surface area contributed by atoms with Gasteiger partial charge < -0.3 is 0 Å². The molecule has 2 rings (SSSR count). The van der Waals surface area contributed by atoms with Gasteiger partial charge in [0.25, 0.3) is 0 Å². The third-order valence-corrected chi connectivity index (χ3v) is 9.32. The number of carbonyl (C=O) groups excluding carboxylic acids is 1. The molecule has 0 fully saturated rings. The third-order valence-electron chi connectivity index (χ3n) is 5.33. The Kier molecular flexibility index (Phi) is 15.2. The summed E-state index contributed by atoms with van der Waals surface area (Å²) >= 11 is 1.09. The molecule has 0 radical (unpaired) electrons. The standard InChI is InChI=1S/C25H40AsN3O2S/c1-2-3-4-5-6-7-8-9-10-11-12-13-14-15-16-19-23(30)27-25-29-28-24(32-25)26-21-22-18-17-20-31-22/h9-10,17-18,20,26H,2-8,11-16,19,21H2,1H3,(H,27,29,30)/b10-9+. The normalized spacial score (nSPS) is 11.8. The van der Waals surface area contributed by atoms with Crippen molar-refractivity contribution in [1.82, 2.24) is 10.2 Å². The first-order valence-corrected chi connectivity index (χ1v) is 15.7. The molecule has 0 saturated carbocycles. The number of nitrogens with zero attached hydrogens (tertiary/aromatic N) is 2. The fourth-order valence-electron chi connectivity index (χ4n) is 3.46. The molecule has 2 aromatic rings. The molecule has 1 atom stereocenters. The van der Waals surface area contributed by atoms with Gasteiger partial charge in [-0.2, -0.15) is 0 Å². The van der Waals surface area contributed by atoms with E-state index in [-0.39, 0.29) is 5.91 Å². The van der Waals surface area contributed by atoms with Gasteiger partial charge in [-0.15, -0.1) is 0 Å². The number of anilines is 1. The van der Waals surface area contributed by atoms with Crippen LogP contribution in [0, 0.1) is 0 Å². The van der Waals surface area contributed by atoms with Crippen LogP contribution in [0.2, 0.25) is 0 Å². The number of hydrogen-bond acceptors (Lipinski definition) is 5. The summed E-state index contributed by atoms with van der Waals surface area (Å²) in [6.07, 6.45) is 23.4. The summed E-state index contributed by atoms with van der Waals surface area (Å²) in [5.74, 6) is 1.05. The van der Waals surface area contributed by atoms with E-state index in [4.69, 9.17) is 4.42 Å². The van der Waals surface area contributed by atoms with Crippen LogP contribution in [-0.2, 0) is 10.0 Å².